The van der Waals surface area contributed by atoms with E-state index >= 15 is 0 Å². The molecule has 0 aliphatic heterocycles. The van der Waals surface area contributed by atoms with Gasteiger partial charge in [-0.3, -0.25) is 4.68 Å². The highest BCUT2D eigenvalue weighted by atomic mass is 35.5. The molecule has 90 valence electrons. The summed E-state index contributed by atoms with van der Waals surface area (Å²) in [7, 11) is 1.85. The molecule has 0 saturated heterocycles. The minimum atomic E-state index is -0.705. The number of rotatable bonds is 2. The van der Waals surface area contributed by atoms with Gasteiger partial charge in [0.05, 0.1) is 22.0 Å². The van der Waals surface area contributed by atoms with Crippen LogP contribution in [-0.4, -0.2) is 26.5 Å². The summed E-state index contributed by atoms with van der Waals surface area (Å²) in [6, 6.07) is 0.109. The highest BCUT2D eigenvalue weighted by Gasteiger charge is 2.37. The maximum Gasteiger partial charge on any atom is 0.0848 e. The quantitative estimate of drug-likeness (QED) is 0.820. The Hall–Kier alpha value is -0.580. The van der Waals surface area contributed by atoms with Gasteiger partial charge in [-0.2, -0.15) is 5.10 Å². The second-order valence-electron chi connectivity index (χ2n) is 4.87. The van der Waals surface area contributed by atoms with E-state index in [4.69, 9.17) is 17.3 Å². The first-order valence-corrected chi connectivity index (χ1v) is 5.95. The van der Waals surface area contributed by atoms with Crippen molar-refractivity contribution >= 4 is 11.6 Å². The molecule has 1 aromatic heterocycles. The molecule has 0 amide bonds. The normalized spacial score (nSPS) is 29.9. The van der Waals surface area contributed by atoms with Crippen molar-refractivity contribution in [3.05, 3.63) is 16.4 Å². The maximum absolute atomic E-state index is 10.4. The summed E-state index contributed by atoms with van der Waals surface area (Å²) in [5, 5.41) is 15.3. The molecule has 0 radical (unpaired) electrons. The van der Waals surface area contributed by atoms with Gasteiger partial charge in [-0.15, -0.1) is 0 Å². The summed E-state index contributed by atoms with van der Waals surface area (Å²) in [5.74, 6) is 0. The Morgan fingerprint density at radius 3 is 2.81 bits per heavy atom. The van der Waals surface area contributed by atoms with Gasteiger partial charge in [-0.25, -0.2) is 0 Å². The molecule has 2 rings (SSSR count). The van der Waals surface area contributed by atoms with Crippen molar-refractivity contribution in [2.75, 3.05) is 0 Å². The van der Waals surface area contributed by atoms with Crippen molar-refractivity contribution in [2.24, 2.45) is 12.8 Å². The number of aliphatic hydroxyl groups is 1. The number of hydrogen-bond acceptors (Lipinski definition) is 3. The van der Waals surface area contributed by atoms with Crippen LogP contribution in [0.3, 0.4) is 0 Å². The van der Waals surface area contributed by atoms with Crippen LogP contribution in [0, 0.1) is 6.92 Å². The van der Waals surface area contributed by atoms with E-state index in [9.17, 15) is 5.11 Å². The van der Waals surface area contributed by atoms with Crippen molar-refractivity contribution in [1.29, 1.82) is 0 Å². The summed E-state index contributed by atoms with van der Waals surface area (Å²) in [6.45, 7) is 1.87. The molecule has 0 aromatic carbocycles. The molecule has 0 bridgehead atoms. The fourth-order valence-corrected chi connectivity index (χ4v) is 2.72. The van der Waals surface area contributed by atoms with Crippen molar-refractivity contribution in [3.63, 3.8) is 0 Å². The van der Waals surface area contributed by atoms with Crippen molar-refractivity contribution in [2.45, 2.75) is 44.2 Å². The monoisotopic (exact) mass is 243 g/mol. The van der Waals surface area contributed by atoms with Crippen LogP contribution in [0.2, 0.25) is 5.02 Å². The van der Waals surface area contributed by atoms with E-state index in [0.29, 0.717) is 17.9 Å². The molecule has 1 heterocycles. The standard InChI is InChI=1S/C11H18ClN3O/c1-7-10(12)9(15(2)14-7)6-11(16)4-3-8(13)5-11/h8,16H,3-6,13H2,1-2H3. The van der Waals surface area contributed by atoms with Crippen LogP contribution in [0.15, 0.2) is 0 Å². The van der Waals surface area contributed by atoms with Gasteiger partial charge >= 0.3 is 0 Å². The van der Waals surface area contributed by atoms with E-state index in [-0.39, 0.29) is 6.04 Å². The number of nitrogens with two attached hydrogens (primary N) is 1. The van der Waals surface area contributed by atoms with Crippen LogP contribution in [0.5, 0.6) is 0 Å². The van der Waals surface area contributed by atoms with E-state index in [2.05, 4.69) is 5.10 Å². The molecule has 1 saturated carbocycles. The minimum Gasteiger partial charge on any atom is -0.389 e. The summed E-state index contributed by atoms with van der Waals surface area (Å²) in [6.07, 6.45) is 2.81. The second-order valence-corrected chi connectivity index (χ2v) is 5.25. The molecule has 1 aromatic rings. The number of aromatic nitrogens is 2. The van der Waals surface area contributed by atoms with Crippen molar-refractivity contribution in [1.82, 2.24) is 9.78 Å². The van der Waals surface area contributed by atoms with Gasteiger partial charge in [0.15, 0.2) is 0 Å². The molecule has 2 unspecified atom stereocenters. The van der Waals surface area contributed by atoms with Crippen LogP contribution >= 0.6 is 11.6 Å². The molecule has 1 aliphatic carbocycles. The van der Waals surface area contributed by atoms with Crippen LogP contribution < -0.4 is 5.73 Å². The van der Waals surface area contributed by atoms with E-state index < -0.39 is 5.60 Å². The van der Waals surface area contributed by atoms with Gasteiger partial charge in [-0.1, -0.05) is 11.6 Å². The molecule has 1 fully saturated rings. The molecule has 16 heavy (non-hydrogen) atoms. The van der Waals surface area contributed by atoms with Crippen LogP contribution in [-0.2, 0) is 13.5 Å². The van der Waals surface area contributed by atoms with Gasteiger partial charge in [-0.05, 0) is 26.2 Å². The minimum absolute atomic E-state index is 0.109. The molecule has 1 aliphatic rings. The fraction of sp³-hybridized carbons (Fsp3) is 0.727. The number of halogens is 1. The van der Waals surface area contributed by atoms with Crippen molar-refractivity contribution in [3.8, 4) is 0 Å². The predicted octanol–water partition coefficient (Wildman–Crippen LogP) is 1.17. The lowest BCUT2D eigenvalue weighted by Gasteiger charge is -2.22. The zero-order chi connectivity index (χ0) is 11.9. The first-order valence-electron chi connectivity index (χ1n) is 5.57. The Labute approximate surface area is 100 Å². The summed E-state index contributed by atoms with van der Waals surface area (Å²) in [5.41, 5.74) is 6.83. The average molecular weight is 244 g/mol. The smallest absolute Gasteiger partial charge is 0.0848 e. The van der Waals surface area contributed by atoms with E-state index in [1.165, 1.54) is 0 Å². The van der Waals surface area contributed by atoms with E-state index in [1.54, 1.807) is 4.68 Å². The molecule has 4 nitrogen and oxygen atoms in total. The third-order valence-electron chi connectivity index (χ3n) is 3.38. The van der Waals surface area contributed by atoms with Crippen LogP contribution in [0.1, 0.15) is 30.7 Å². The predicted molar refractivity (Wildman–Crippen MR) is 63.4 cm³/mol. The second kappa shape index (κ2) is 4.02. The summed E-state index contributed by atoms with van der Waals surface area (Å²) >= 11 is 6.17. The molecule has 0 spiro atoms. The lowest BCUT2D eigenvalue weighted by Crippen LogP contribution is -2.31. The zero-order valence-corrected chi connectivity index (χ0v) is 10.5. The molecule has 5 heteroatoms. The first kappa shape index (κ1) is 11.9. The van der Waals surface area contributed by atoms with E-state index in [1.807, 2.05) is 14.0 Å². The third-order valence-corrected chi connectivity index (χ3v) is 3.87. The van der Waals surface area contributed by atoms with Crippen LogP contribution in [0.25, 0.3) is 0 Å². The zero-order valence-electron chi connectivity index (χ0n) is 9.70. The largest absolute Gasteiger partial charge is 0.389 e. The number of nitrogens with zero attached hydrogens (tertiary/aromatic N) is 2. The lowest BCUT2D eigenvalue weighted by molar-refractivity contribution is 0.0450. The molecular weight excluding hydrogens is 226 g/mol. The Bertz CT molecular complexity index is 404. The van der Waals surface area contributed by atoms with Gasteiger partial charge in [0, 0.05) is 19.5 Å². The van der Waals surface area contributed by atoms with Gasteiger partial charge in [0.2, 0.25) is 0 Å². The van der Waals surface area contributed by atoms with E-state index in [0.717, 1.165) is 24.2 Å². The van der Waals surface area contributed by atoms with Crippen molar-refractivity contribution < 1.29 is 5.11 Å². The Morgan fingerprint density at radius 2 is 2.38 bits per heavy atom. The summed E-state index contributed by atoms with van der Waals surface area (Å²) in [4.78, 5) is 0. The molecule has 2 atom stereocenters. The van der Waals surface area contributed by atoms with Crippen LogP contribution in [0.4, 0.5) is 0 Å². The maximum atomic E-state index is 10.4. The van der Waals surface area contributed by atoms with Gasteiger partial charge < -0.3 is 10.8 Å². The van der Waals surface area contributed by atoms with Gasteiger partial charge in [0.25, 0.3) is 0 Å². The number of aryl methyl sites for hydroxylation is 2. The highest BCUT2D eigenvalue weighted by molar-refractivity contribution is 6.31. The average Bonchev–Trinajstić information content (AvgIpc) is 2.63. The first-order chi connectivity index (χ1) is 7.41. The lowest BCUT2D eigenvalue weighted by atomic mass is 9.95. The molecule has 3 N–H and O–H groups in total. The number of hydrogen-bond donors (Lipinski definition) is 2. The summed E-state index contributed by atoms with van der Waals surface area (Å²) < 4.78 is 1.75. The highest BCUT2D eigenvalue weighted by Crippen LogP contribution is 2.34. The Morgan fingerprint density at radius 1 is 1.69 bits per heavy atom. The fourth-order valence-electron chi connectivity index (χ4n) is 2.49. The molecular formula is C11H18ClN3O. The third kappa shape index (κ3) is 2.10. The van der Waals surface area contributed by atoms with Gasteiger partial charge in [0.1, 0.15) is 0 Å². The Kier molecular flexibility index (Phi) is 2.99. The Balaban J connectivity index is 2.21. The SMILES string of the molecule is Cc1nn(C)c(CC2(O)CCC(N)C2)c1Cl. The topological polar surface area (TPSA) is 64.1 Å².